The number of carbonyl (C=O) groups excluding carboxylic acids is 2. The maximum atomic E-state index is 16.5. The highest BCUT2D eigenvalue weighted by molar-refractivity contribution is 6.34. The molecule has 1 fully saturated rings. The Labute approximate surface area is 259 Å². The number of hydrogen-bond donors (Lipinski definition) is 2. The van der Waals surface area contributed by atoms with Crippen LogP contribution >= 0.6 is 11.6 Å². The smallest absolute Gasteiger partial charge is 0.410 e. The Morgan fingerprint density at radius 2 is 1.82 bits per heavy atom. The highest BCUT2D eigenvalue weighted by Gasteiger charge is 2.58. The molecule has 10 heteroatoms. The first-order chi connectivity index (χ1) is 20.8. The van der Waals surface area contributed by atoms with Crippen LogP contribution in [0.1, 0.15) is 91.6 Å². The number of nitrogens with zero attached hydrogens (tertiary/aromatic N) is 1. The Morgan fingerprint density at radius 1 is 1.11 bits per heavy atom. The molecular weight excluding hydrogens is 590 g/mol. The number of amides is 2. The molecule has 4 atom stereocenters. The number of aliphatic hydroxyl groups is 1. The lowest BCUT2D eigenvalue weighted by molar-refractivity contribution is -0.0310. The van der Waals surface area contributed by atoms with E-state index in [9.17, 15) is 14.7 Å². The standard InChI is InChI=1S/C34H35ClF2N2O5/c1-17-25-23(16-21(36)29(35)28(25)27-20(31(38)41)15-18-12-13-22(40)26(18)30(27)37)43-34(17,19-9-6-5-7-10-19)24-11-8-14-39(24)32(42)44-33(2,3)4/h5-7,9-10,15-17,22,24,40H,8,11-14H2,1-4H3,(H2,38,41)/t17-,22?,24-,34-/m0/s1. The Hall–Kier alpha value is -3.69. The number of rotatable bonds is 4. The first-order valence-corrected chi connectivity index (χ1v) is 15.2. The summed E-state index contributed by atoms with van der Waals surface area (Å²) >= 11 is 6.67. The number of likely N-dealkylation sites (tertiary alicyclic amines) is 1. The van der Waals surface area contributed by atoms with Crippen LogP contribution in [0.5, 0.6) is 5.75 Å². The molecule has 7 nitrogen and oxygen atoms in total. The van der Waals surface area contributed by atoms with Crippen molar-refractivity contribution in [1.82, 2.24) is 4.90 Å². The van der Waals surface area contributed by atoms with Crippen molar-refractivity contribution in [1.29, 1.82) is 0 Å². The topological polar surface area (TPSA) is 102 Å². The summed E-state index contributed by atoms with van der Waals surface area (Å²) in [6.45, 7) is 7.67. The molecule has 3 N–H and O–H groups in total. The van der Waals surface area contributed by atoms with Crippen molar-refractivity contribution < 1.29 is 33.0 Å². The van der Waals surface area contributed by atoms with Gasteiger partial charge < -0.3 is 25.2 Å². The van der Waals surface area contributed by atoms with Crippen LogP contribution in [0.2, 0.25) is 5.02 Å². The average molecular weight is 625 g/mol. The van der Waals surface area contributed by atoms with Crippen LogP contribution in [0.25, 0.3) is 11.1 Å². The summed E-state index contributed by atoms with van der Waals surface area (Å²) < 4.78 is 44.8. The SMILES string of the molecule is C[C@H]1c2c(cc(F)c(Cl)c2-c2c(C(N)=O)cc3c(c2F)C(O)CC3)O[C@@]1(c1ccccc1)[C@@H]1CCCN1C(=O)OC(C)(C)C. The first-order valence-electron chi connectivity index (χ1n) is 14.9. The van der Waals surface area contributed by atoms with Gasteiger partial charge in [0.25, 0.3) is 0 Å². The molecule has 3 aliphatic rings. The number of fused-ring (bicyclic) bond motifs is 2. The summed E-state index contributed by atoms with van der Waals surface area (Å²) in [4.78, 5) is 27.9. The number of benzene rings is 3. The molecule has 3 aromatic rings. The molecule has 2 amide bonds. The summed E-state index contributed by atoms with van der Waals surface area (Å²) in [5, 5.41) is 10.2. The third-order valence-corrected chi connectivity index (χ3v) is 9.47. The molecule has 1 unspecified atom stereocenters. The van der Waals surface area contributed by atoms with E-state index in [-0.39, 0.29) is 34.4 Å². The predicted octanol–water partition coefficient (Wildman–Crippen LogP) is 7.15. The van der Waals surface area contributed by atoms with Crippen LogP contribution < -0.4 is 10.5 Å². The molecule has 1 aliphatic carbocycles. The second kappa shape index (κ2) is 10.7. The molecule has 3 aromatic carbocycles. The van der Waals surface area contributed by atoms with Crippen LogP contribution in [0, 0.1) is 11.6 Å². The van der Waals surface area contributed by atoms with Gasteiger partial charge in [-0.3, -0.25) is 4.79 Å². The number of aryl methyl sites for hydroxylation is 1. The van der Waals surface area contributed by atoms with Gasteiger partial charge in [0.2, 0.25) is 5.91 Å². The molecule has 2 aliphatic heterocycles. The highest BCUT2D eigenvalue weighted by Crippen LogP contribution is 2.59. The van der Waals surface area contributed by atoms with Crippen molar-refractivity contribution in [2.75, 3.05) is 6.54 Å². The molecule has 0 bridgehead atoms. The number of aliphatic hydroxyl groups excluding tert-OH is 1. The van der Waals surface area contributed by atoms with Gasteiger partial charge >= 0.3 is 6.09 Å². The normalized spacial score (nSPS) is 24.2. The van der Waals surface area contributed by atoms with E-state index >= 15 is 8.78 Å². The molecule has 2 heterocycles. The number of ether oxygens (including phenoxy) is 2. The van der Waals surface area contributed by atoms with E-state index in [2.05, 4.69) is 0 Å². The van der Waals surface area contributed by atoms with Crippen LogP contribution in [-0.4, -0.2) is 40.2 Å². The van der Waals surface area contributed by atoms with Crippen molar-refractivity contribution in [3.05, 3.63) is 86.9 Å². The quantitative estimate of drug-likeness (QED) is 0.321. The zero-order chi connectivity index (χ0) is 31.7. The van der Waals surface area contributed by atoms with E-state index in [0.717, 1.165) is 5.56 Å². The Morgan fingerprint density at radius 3 is 2.48 bits per heavy atom. The molecule has 0 radical (unpaired) electrons. The van der Waals surface area contributed by atoms with E-state index in [1.54, 1.807) is 25.7 Å². The molecule has 6 rings (SSSR count). The van der Waals surface area contributed by atoms with Gasteiger partial charge in [-0.25, -0.2) is 13.6 Å². The van der Waals surface area contributed by atoms with Crippen LogP contribution in [0.15, 0.2) is 42.5 Å². The zero-order valence-electron chi connectivity index (χ0n) is 25.0. The van der Waals surface area contributed by atoms with Crippen molar-refractivity contribution in [2.45, 2.75) is 82.6 Å². The Balaban J connectivity index is 1.60. The number of halogens is 3. The Kier molecular flexibility index (Phi) is 7.40. The van der Waals surface area contributed by atoms with E-state index in [1.165, 1.54) is 12.1 Å². The summed E-state index contributed by atoms with van der Waals surface area (Å²) in [7, 11) is 0. The van der Waals surface area contributed by atoms with E-state index < -0.39 is 57.9 Å². The maximum absolute atomic E-state index is 16.5. The van der Waals surface area contributed by atoms with E-state index in [1.807, 2.05) is 37.3 Å². The lowest BCUT2D eigenvalue weighted by Gasteiger charge is -2.43. The molecule has 0 saturated carbocycles. The molecule has 44 heavy (non-hydrogen) atoms. The third-order valence-electron chi connectivity index (χ3n) is 9.10. The molecule has 1 saturated heterocycles. The van der Waals surface area contributed by atoms with Gasteiger partial charge in [0.1, 0.15) is 23.0 Å². The second-order valence-electron chi connectivity index (χ2n) is 12.9. The van der Waals surface area contributed by atoms with Gasteiger partial charge in [-0.05, 0) is 63.6 Å². The average Bonchev–Trinajstić information content (AvgIpc) is 3.66. The van der Waals surface area contributed by atoms with Crippen LogP contribution in [0.3, 0.4) is 0 Å². The van der Waals surface area contributed by atoms with Gasteiger partial charge in [-0.1, -0.05) is 48.9 Å². The van der Waals surface area contributed by atoms with E-state index in [0.29, 0.717) is 36.9 Å². The van der Waals surface area contributed by atoms with Crippen LogP contribution in [0.4, 0.5) is 13.6 Å². The first kappa shape index (κ1) is 30.3. The fourth-order valence-corrected chi connectivity index (χ4v) is 7.58. The van der Waals surface area contributed by atoms with E-state index in [4.69, 9.17) is 26.8 Å². The Bertz CT molecular complexity index is 1670. The van der Waals surface area contributed by atoms with Gasteiger partial charge in [-0.15, -0.1) is 0 Å². The maximum Gasteiger partial charge on any atom is 0.410 e. The molecule has 232 valence electrons. The second-order valence-corrected chi connectivity index (χ2v) is 13.3. The van der Waals surface area contributed by atoms with Crippen molar-refractivity contribution in [3.8, 4) is 16.9 Å². The fraction of sp³-hybridized carbons (Fsp3) is 0.412. The van der Waals surface area contributed by atoms with Gasteiger partial charge in [0.15, 0.2) is 5.60 Å². The lowest BCUT2D eigenvalue weighted by Crippen LogP contribution is -2.54. The molecule has 0 spiro atoms. The zero-order valence-corrected chi connectivity index (χ0v) is 25.8. The summed E-state index contributed by atoms with van der Waals surface area (Å²) in [6, 6.07) is 11.4. The monoisotopic (exact) mass is 624 g/mol. The number of hydrogen-bond acceptors (Lipinski definition) is 5. The largest absolute Gasteiger partial charge is 0.479 e. The number of primary amides is 1. The van der Waals surface area contributed by atoms with Gasteiger partial charge in [0, 0.05) is 40.8 Å². The highest BCUT2D eigenvalue weighted by atomic mass is 35.5. The molecular formula is C34H35ClF2N2O5. The summed E-state index contributed by atoms with van der Waals surface area (Å²) in [5.41, 5.74) is 4.93. The van der Waals surface area contributed by atoms with Crippen molar-refractivity contribution in [2.24, 2.45) is 5.73 Å². The fourth-order valence-electron chi connectivity index (χ4n) is 7.33. The minimum Gasteiger partial charge on any atom is -0.479 e. The predicted molar refractivity (Wildman–Crippen MR) is 162 cm³/mol. The number of nitrogens with two attached hydrogens (primary N) is 1. The molecule has 0 aromatic heterocycles. The number of carbonyl (C=O) groups is 2. The van der Waals surface area contributed by atoms with Crippen LogP contribution in [-0.2, 0) is 16.8 Å². The third kappa shape index (κ3) is 4.63. The minimum absolute atomic E-state index is 0.0480. The lowest BCUT2D eigenvalue weighted by atomic mass is 9.72. The summed E-state index contributed by atoms with van der Waals surface area (Å²) in [5.74, 6) is -3.16. The van der Waals surface area contributed by atoms with Gasteiger partial charge in [-0.2, -0.15) is 0 Å². The summed E-state index contributed by atoms with van der Waals surface area (Å²) in [6.07, 6.45) is 0.286. The van der Waals surface area contributed by atoms with Gasteiger partial charge in [0.05, 0.1) is 22.7 Å². The minimum atomic E-state index is -1.25. The van der Waals surface area contributed by atoms with Crippen molar-refractivity contribution in [3.63, 3.8) is 0 Å². The van der Waals surface area contributed by atoms with Crippen molar-refractivity contribution >= 4 is 23.6 Å².